The molecule has 6 nitrogen and oxygen atoms in total. The molecule has 2 aromatic carbocycles. The number of fused-ring (bicyclic) bond motifs is 1. The van der Waals surface area contributed by atoms with Gasteiger partial charge in [0.25, 0.3) is 0 Å². The first-order valence-corrected chi connectivity index (χ1v) is 14.3. The van der Waals surface area contributed by atoms with E-state index < -0.39 is 10.0 Å². The highest BCUT2D eigenvalue weighted by Gasteiger charge is 2.35. The highest BCUT2D eigenvalue weighted by molar-refractivity contribution is 7.89. The van der Waals surface area contributed by atoms with Gasteiger partial charge in [0.1, 0.15) is 12.4 Å². The molecule has 4 rings (SSSR count). The number of halogens is 1. The summed E-state index contributed by atoms with van der Waals surface area (Å²) in [5.41, 5.74) is 3.24. The third kappa shape index (κ3) is 5.67. The van der Waals surface area contributed by atoms with Gasteiger partial charge in [-0.15, -0.1) is 17.9 Å². The van der Waals surface area contributed by atoms with Crippen molar-refractivity contribution in [2.45, 2.75) is 31.2 Å². The number of rotatable bonds is 9. The molecule has 0 unspecified atom stereocenters. The fourth-order valence-electron chi connectivity index (χ4n) is 4.39. The first-order valence-electron chi connectivity index (χ1n) is 11.6. The molecular formula is C27H29ClN2O4S2. The number of sulfonamides is 1. The van der Waals surface area contributed by atoms with Crippen LogP contribution in [0.4, 0.5) is 0 Å². The van der Waals surface area contributed by atoms with Crippen LogP contribution in [0.1, 0.15) is 27.6 Å². The van der Waals surface area contributed by atoms with Gasteiger partial charge in [-0.1, -0.05) is 35.4 Å². The van der Waals surface area contributed by atoms with Crippen LogP contribution in [0.2, 0.25) is 5.02 Å². The predicted octanol–water partition coefficient (Wildman–Crippen LogP) is 5.40. The van der Waals surface area contributed by atoms with Crippen molar-refractivity contribution in [1.82, 2.24) is 9.21 Å². The maximum absolute atomic E-state index is 13.6. The maximum atomic E-state index is 13.6. The van der Waals surface area contributed by atoms with Gasteiger partial charge < -0.3 is 9.64 Å². The van der Waals surface area contributed by atoms with Gasteiger partial charge in [0.15, 0.2) is 0 Å². The normalized spacial score (nSPS) is 15.6. The third-order valence-corrected chi connectivity index (χ3v) is 9.31. The molecule has 0 aliphatic carbocycles. The Labute approximate surface area is 221 Å². The summed E-state index contributed by atoms with van der Waals surface area (Å²) in [6.45, 7) is 8.21. The quantitative estimate of drug-likeness (QED) is 0.338. The van der Waals surface area contributed by atoms with Crippen LogP contribution in [0, 0.1) is 13.8 Å². The SMILES string of the molecule is C=CCN(CC(=O)N1CCc2sccc2[C@H]1COc1ccc(C)cc1C)S(=O)(=O)c1ccc(Cl)cc1. The lowest BCUT2D eigenvalue weighted by molar-refractivity contribution is -0.135. The number of amides is 1. The van der Waals surface area contributed by atoms with Crippen molar-refractivity contribution in [3.8, 4) is 5.75 Å². The van der Waals surface area contributed by atoms with Gasteiger partial charge in [0.05, 0.1) is 17.5 Å². The number of thiophene rings is 1. The summed E-state index contributed by atoms with van der Waals surface area (Å²) in [5.74, 6) is 0.495. The lowest BCUT2D eigenvalue weighted by Gasteiger charge is -2.37. The van der Waals surface area contributed by atoms with Crippen LogP contribution >= 0.6 is 22.9 Å². The summed E-state index contributed by atoms with van der Waals surface area (Å²) >= 11 is 7.60. The van der Waals surface area contributed by atoms with E-state index in [1.165, 1.54) is 35.2 Å². The first kappa shape index (κ1) is 26.4. The number of aryl methyl sites for hydroxylation is 2. The van der Waals surface area contributed by atoms with Gasteiger partial charge >= 0.3 is 0 Å². The Kier molecular flexibility index (Phi) is 8.20. The van der Waals surface area contributed by atoms with E-state index in [4.69, 9.17) is 16.3 Å². The van der Waals surface area contributed by atoms with E-state index in [9.17, 15) is 13.2 Å². The lowest BCUT2D eigenvalue weighted by Crippen LogP contribution is -2.47. The maximum Gasteiger partial charge on any atom is 0.243 e. The minimum atomic E-state index is -3.92. The van der Waals surface area contributed by atoms with E-state index >= 15 is 0 Å². The second-order valence-electron chi connectivity index (χ2n) is 8.77. The number of carbonyl (C=O) groups excluding carboxylic acids is 1. The van der Waals surface area contributed by atoms with E-state index in [1.54, 1.807) is 16.2 Å². The van der Waals surface area contributed by atoms with Crippen molar-refractivity contribution in [3.05, 3.63) is 93.2 Å². The van der Waals surface area contributed by atoms with Gasteiger partial charge in [0, 0.05) is 23.0 Å². The Morgan fingerprint density at radius 3 is 2.67 bits per heavy atom. The Morgan fingerprint density at radius 2 is 1.97 bits per heavy atom. The standard InChI is InChI=1S/C27H29ClN2O4S2/c1-4-13-29(36(32,33)22-8-6-21(28)7-9-22)17-27(31)30-14-11-26-23(12-15-35-26)24(30)18-34-25-10-5-19(2)16-20(25)3/h4-10,12,15-16,24H,1,11,13-14,17-18H2,2-3H3/t24-/m1/s1. The Balaban J connectivity index is 1.57. The van der Waals surface area contributed by atoms with E-state index in [2.05, 4.69) is 12.6 Å². The minimum absolute atomic E-state index is 0.0119. The van der Waals surface area contributed by atoms with Crippen molar-refractivity contribution in [1.29, 1.82) is 0 Å². The Morgan fingerprint density at radius 1 is 1.22 bits per heavy atom. The fourth-order valence-corrected chi connectivity index (χ4v) is 6.81. The van der Waals surface area contributed by atoms with Crippen LogP contribution < -0.4 is 4.74 Å². The summed E-state index contributed by atoms with van der Waals surface area (Å²) in [6.07, 6.45) is 2.21. The van der Waals surface area contributed by atoms with Crippen LogP contribution in [-0.4, -0.2) is 49.8 Å². The Bertz CT molecular complexity index is 1350. The second-order valence-corrected chi connectivity index (χ2v) is 12.1. The zero-order chi connectivity index (χ0) is 25.9. The zero-order valence-corrected chi connectivity index (χ0v) is 22.7. The molecule has 36 heavy (non-hydrogen) atoms. The molecule has 0 N–H and O–H groups in total. The molecule has 9 heteroatoms. The van der Waals surface area contributed by atoms with Gasteiger partial charge in [-0.3, -0.25) is 4.79 Å². The lowest BCUT2D eigenvalue weighted by atomic mass is 10.0. The Hall–Kier alpha value is -2.65. The van der Waals surface area contributed by atoms with Gasteiger partial charge in [-0.25, -0.2) is 8.42 Å². The summed E-state index contributed by atoms with van der Waals surface area (Å²) in [7, 11) is -3.92. The number of carbonyl (C=O) groups is 1. The second kappa shape index (κ2) is 11.2. The molecule has 0 saturated heterocycles. The first-order chi connectivity index (χ1) is 17.2. The molecule has 2 heterocycles. The van der Waals surface area contributed by atoms with Crippen molar-refractivity contribution in [2.75, 3.05) is 26.2 Å². The van der Waals surface area contributed by atoms with Gasteiger partial charge in [-0.05, 0) is 73.2 Å². The average Bonchev–Trinajstić information content (AvgIpc) is 3.32. The molecule has 0 radical (unpaired) electrons. The molecule has 1 atom stereocenters. The van der Waals surface area contributed by atoms with Crippen LogP contribution in [-0.2, 0) is 21.2 Å². The molecule has 190 valence electrons. The van der Waals surface area contributed by atoms with Crippen molar-refractivity contribution < 1.29 is 17.9 Å². The molecule has 1 aliphatic heterocycles. The van der Waals surface area contributed by atoms with Crippen LogP contribution in [0.25, 0.3) is 0 Å². The summed E-state index contributed by atoms with van der Waals surface area (Å²) in [6, 6.07) is 13.6. The van der Waals surface area contributed by atoms with Gasteiger partial charge in [0.2, 0.25) is 15.9 Å². The molecule has 0 saturated carbocycles. The molecule has 1 aromatic heterocycles. The summed E-state index contributed by atoms with van der Waals surface area (Å²) in [4.78, 5) is 16.6. The minimum Gasteiger partial charge on any atom is -0.491 e. The highest BCUT2D eigenvalue weighted by atomic mass is 35.5. The predicted molar refractivity (Wildman–Crippen MR) is 144 cm³/mol. The van der Waals surface area contributed by atoms with E-state index in [0.717, 1.165) is 33.2 Å². The molecule has 0 bridgehead atoms. The number of nitrogens with zero attached hydrogens (tertiary/aromatic N) is 2. The molecular weight excluding hydrogens is 516 g/mol. The number of benzene rings is 2. The third-order valence-electron chi connectivity index (χ3n) is 6.24. The number of ether oxygens (including phenoxy) is 1. The number of hydrogen-bond donors (Lipinski definition) is 0. The summed E-state index contributed by atoms with van der Waals surface area (Å²) in [5, 5.41) is 2.46. The molecule has 1 aliphatic rings. The zero-order valence-electron chi connectivity index (χ0n) is 20.3. The molecule has 3 aromatic rings. The van der Waals surface area contributed by atoms with Crippen molar-refractivity contribution >= 4 is 38.9 Å². The topological polar surface area (TPSA) is 66.9 Å². The van der Waals surface area contributed by atoms with Crippen molar-refractivity contribution in [3.63, 3.8) is 0 Å². The van der Waals surface area contributed by atoms with E-state index in [1.807, 2.05) is 37.4 Å². The average molecular weight is 545 g/mol. The molecule has 0 spiro atoms. The van der Waals surface area contributed by atoms with Crippen molar-refractivity contribution in [2.24, 2.45) is 0 Å². The monoisotopic (exact) mass is 544 g/mol. The van der Waals surface area contributed by atoms with Crippen LogP contribution in [0.5, 0.6) is 5.75 Å². The van der Waals surface area contributed by atoms with Crippen LogP contribution in [0.3, 0.4) is 0 Å². The number of hydrogen-bond acceptors (Lipinski definition) is 5. The fraction of sp³-hybridized carbons (Fsp3) is 0.296. The largest absolute Gasteiger partial charge is 0.491 e. The van der Waals surface area contributed by atoms with E-state index in [-0.39, 0.29) is 36.5 Å². The molecule has 1 amide bonds. The summed E-state index contributed by atoms with van der Waals surface area (Å²) < 4.78 is 34.0. The highest BCUT2D eigenvalue weighted by Crippen LogP contribution is 2.34. The van der Waals surface area contributed by atoms with Gasteiger partial charge in [-0.2, -0.15) is 4.31 Å². The smallest absolute Gasteiger partial charge is 0.243 e. The molecule has 0 fully saturated rings. The van der Waals surface area contributed by atoms with Crippen LogP contribution in [0.15, 0.2) is 71.5 Å². The van der Waals surface area contributed by atoms with E-state index in [0.29, 0.717) is 11.6 Å².